The van der Waals surface area contributed by atoms with Gasteiger partial charge in [-0.2, -0.15) is 18.2 Å². The van der Waals surface area contributed by atoms with Crippen molar-refractivity contribution < 1.29 is 27.0 Å². The molecule has 2 aliphatic rings. The Bertz CT molecular complexity index is 1820. The molecule has 5 aromatic rings. The number of hydrogen-bond acceptors (Lipinski definition) is 8. The molecule has 14 heteroatoms. The Morgan fingerprint density at radius 2 is 1.83 bits per heavy atom. The molecule has 0 amide bonds. The van der Waals surface area contributed by atoms with Crippen LogP contribution in [-0.2, 0) is 19.8 Å². The number of nitrogens with zero attached hydrogens (tertiary/aromatic N) is 8. The van der Waals surface area contributed by atoms with Gasteiger partial charge in [-0.3, -0.25) is 0 Å². The van der Waals surface area contributed by atoms with Crippen molar-refractivity contribution in [2.45, 2.75) is 50.4 Å². The zero-order chi connectivity index (χ0) is 29.2. The third-order valence-electron chi connectivity index (χ3n) is 7.36. The molecule has 0 spiro atoms. The van der Waals surface area contributed by atoms with E-state index in [0.717, 1.165) is 24.7 Å². The predicted molar refractivity (Wildman–Crippen MR) is 141 cm³/mol. The maximum Gasteiger partial charge on any atom is 0.434 e. The van der Waals surface area contributed by atoms with E-state index in [2.05, 4.69) is 24.9 Å². The van der Waals surface area contributed by atoms with Crippen LogP contribution in [0.4, 0.5) is 17.6 Å². The lowest BCUT2D eigenvalue weighted by atomic mass is 10.1. The average molecular weight is 581 g/mol. The second-order valence-corrected chi connectivity index (χ2v) is 10.5. The monoisotopic (exact) mass is 580 g/mol. The highest BCUT2D eigenvalue weighted by molar-refractivity contribution is 5.84. The first kappa shape index (κ1) is 26.3. The molecule has 5 aromatic heterocycles. The number of hydrogen-bond donors (Lipinski definition) is 0. The summed E-state index contributed by atoms with van der Waals surface area (Å²) in [7, 11) is 3.37. The molecule has 5 heterocycles. The molecule has 0 atom stereocenters. The van der Waals surface area contributed by atoms with E-state index < -0.39 is 17.7 Å². The minimum Gasteiger partial charge on any atom is -0.480 e. The van der Waals surface area contributed by atoms with Crippen LogP contribution >= 0.6 is 0 Å². The molecule has 0 N–H and O–H groups in total. The fourth-order valence-corrected chi connectivity index (χ4v) is 4.95. The van der Waals surface area contributed by atoms with Crippen LogP contribution in [0.5, 0.6) is 11.8 Å². The number of imidazole rings is 1. The van der Waals surface area contributed by atoms with Crippen molar-refractivity contribution >= 4 is 11.0 Å². The van der Waals surface area contributed by atoms with E-state index in [0.29, 0.717) is 46.7 Å². The van der Waals surface area contributed by atoms with E-state index in [1.54, 1.807) is 0 Å². The van der Waals surface area contributed by atoms with Crippen molar-refractivity contribution in [3.05, 3.63) is 59.8 Å². The highest BCUT2D eigenvalue weighted by Gasteiger charge is 2.38. The van der Waals surface area contributed by atoms with Gasteiger partial charge in [0.25, 0.3) is 0 Å². The summed E-state index contributed by atoms with van der Waals surface area (Å²) >= 11 is 0. The summed E-state index contributed by atoms with van der Waals surface area (Å²) in [4.78, 5) is 26.0. The summed E-state index contributed by atoms with van der Waals surface area (Å²) in [6.45, 7) is -0.104. The van der Waals surface area contributed by atoms with Crippen LogP contribution in [-0.4, -0.2) is 46.1 Å². The lowest BCUT2D eigenvalue weighted by molar-refractivity contribution is -0.140. The van der Waals surface area contributed by atoms with Crippen LogP contribution in [0.1, 0.15) is 54.6 Å². The molecule has 0 aliphatic heterocycles. The Kier molecular flexibility index (Phi) is 6.10. The van der Waals surface area contributed by atoms with Gasteiger partial charge >= 0.3 is 6.18 Å². The average Bonchev–Trinajstić information content (AvgIpc) is 3.91. The maximum absolute atomic E-state index is 15.3. The molecule has 7 rings (SSSR count). The van der Waals surface area contributed by atoms with Gasteiger partial charge in [0.15, 0.2) is 23.2 Å². The molecule has 0 aromatic carbocycles. The highest BCUT2D eigenvalue weighted by Crippen LogP contribution is 2.45. The van der Waals surface area contributed by atoms with Gasteiger partial charge in [0.05, 0.1) is 18.2 Å². The van der Waals surface area contributed by atoms with Crippen LogP contribution in [0.3, 0.4) is 0 Å². The van der Waals surface area contributed by atoms with Gasteiger partial charge in [-0.15, -0.1) is 0 Å². The minimum atomic E-state index is -4.65. The SMILES string of the molecule is COc1ncnc(C2CC2)c1-c1nc(OCc2cnc(-c3nc(C(F)(F)F)cn3C3CC3)c(F)c2)c2ccn(C)c2n1. The Labute approximate surface area is 236 Å². The molecule has 0 saturated heterocycles. The molecule has 10 nitrogen and oxygen atoms in total. The molecule has 2 saturated carbocycles. The minimum absolute atomic E-state index is 0.104. The summed E-state index contributed by atoms with van der Waals surface area (Å²) in [5, 5.41) is 0.640. The van der Waals surface area contributed by atoms with Crippen LogP contribution in [0, 0.1) is 5.82 Å². The summed E-state index contributed by atoms with van der Waals surface area (Å²) in [5.41, 5.74) is 1.04. The second-order valence-electron chi connectivity index (χ2n) is 10.5. The highest BCUT2D eigenvalue weighted by atomic mass is 19.4. The smallest absolute Gasteiger partial charge is 0.434 e. The van der Waals surface area contributed by atoms with Crippen LogP contribution in [0.25, 0.3) is 33.9 Å². The number of pyridine rings is 1. The molecule has 0 unspecified atom stereocenters. The Hall–Kier alpha value is -4.62. The standard InChI is InChI=1S/C28H24F4N8O2/c1-39-8-7-17-24(39)37-23(20-21(15-3-4-15)34-13-35-27(20)41-2)38-26(17)42-12-14-9-18(29)22(33-10-14)25-36-19(28(30,31)32)11-40(25)16-5-6-16/h7-11,13,15-16H,3-6,12H2,1-2H3. The van der Waals surface area contributed by atoms with Gasteiger partial charge in [0.2, 0.25) is 11.8 Å². The van der Waals surface area contributed by atoms with E-state index in [9.17, 15) is 13.2 Å². The summed E-state index contributed by atoms with van der Waals surface area (Å²) in [5.74, 6) is 0.269. The van der Waals surface area contributed by atoms with Crippen LogP contribution in [0.2, 0.25) is 0 Å². The number of fused-ring (bicyclic) bond motifs is 1. The normalized spacial score (nSPS) is 15.4. The number of rotatable bonds is 8. The van der Waals surface area contributed by atoms with E-state index in [1.165, 1.54) is 30.3 Å². The lowest BCUT2D eigenvalue weighted by Gasteiger charge is -2.13. The topological polar surface area (TPSA) is 106 Å². The quantitative estimate of drug-likeness (QED) is 0.217. The molecule has 2 aliphatic carbocycles. The zero-order valence-electron chi connectivity index (χ0n) is 22.6. The third kappa shape index (κ3) is 4.69. The van der Waals surface area contributed by atoms with Crippen molar-refractivity contribution in [1.82, 2.24) is 39.0 Å². The van der Waals surface area contributed by atoms with Gasteiger partial charge in [-0.1, -0.05) is 0 Å². The molecular formula is C28H24F4N8O2. The van der Waals surface area contributed by atoms with E-state index in [1.807, 2.05) is 23.9 Å². The zero-order valence-corrected chi connectivity index (χ0v) is 22.6. The van der Waals surface area contributed by atoms with E-state index >= 15 is 4.39 Å². The van der Waals surface area contributed by atoms with Crippen molar-refractivity contribution in [1.29, 1.82) is 0 Å². The first-order chi connectivity index (χ1) is 20.2. The molecular weight excluding hydrogens is 556 g/mol. The molecule has 216 valence electrons. The lowest BCUT2D eigenvalue weighted by Crippen LogP contribution is -2.06. The Morgan fingerprint density at radius 1 is 1.02 bits per heavy atom. The molecule has 0 bridgehead atoms. The molecule has 0 radical (unpaired) electrons. The van der Waals surface area contributed by atoms with Gasteiger partial charge in [-0.25, -0.2) is 29.3 Å². The number of methoxy groups -OCH3 is 1. The van der Waals surface area contributed by atoms with Crippen LogP contribution < -0.4 is 9.47 Å². The number of halogens is 4. The number of aryl methyl sites for hydroxylation is 1. The first-order valence-corrected chi connectivity index (χ1v) is 13.4. The fraction of sp³-hybridized carbons (Fsp3) is 0.357. The van der Waals surface area contributed by atoms with Crippen LogP contribution in [0.15, 0.2) is 37.1 Å². The largest absolute Gasteiger partial charge is 0.480 e. The summed E-state index contributed by atoms with van der Waals surface area (Å²) in [6, 6.07) is 2.85. The maximum atomic E-state index is 15.3. The first-order valence-electron chi connectivity index (χ1n) is 13.4. The molecule has 2 fully saturated rings. The fourth-order valence-electron chi connectivity index (χ4n) is 4.95. The molecule has 42 heavy (non-hydrogen) atoms. The number of ether oxygens (including phenoxy) is 2. The van der Waals surface area contributed by atoms with Gasteiger partial charge in [0, 0.05) is 43.2 Å². The second kappa shape index (κ2) is 9.74. The number of aromatic nitrogens is 8. The van der Waals surface area contributed by atoms with E-state index in [4.69, 9.17) is 14.5 Å². The third-order valence-corrected chi connectivity index (χ3v) is 7.36. The van der Waals surface area contributed by atoms with Gasteiger partial charge in [0.1, 0.15) is 29.8 Å². The van der Waals surface area contributed by atoms with Gasteiger partial charge < -0.3 is 18.6 Å². The Balaban J connectivity index is 1.21. The summed E-state index contributed by atoms with van der Waals surface area (Å²) < 4.78 is 70.0. The summed E-state index contributed by atoms with van der Waals surface area (Å²) in [6.07, 6.45) is 4.31. The van der Waals surface area contributed by atoms with Crippen molar-refractivity contribution in [3.8, 4) is 34.7 Å². The van der Waals surface area contributed by atoms with E-state index in [-0.39, 0.29) is 36.0 Å². The van der Waals surface area contributed by atoms with Crippen molar-refractivity contribution in [2.75, 3.05) is 7.11 Å². The predicted octanol–water partition coefficient (Wildman–Crippen LogP) is 5.64. The van der Waals surface area contributed by atoms with Gasteiger partial charge in [-0.05, 0) is 37.8 Å². The Morgan fingerprint density at radius 3 is 2.52 bits per heavy atom. The van der Waals surface area contributed by atoms with Crippen molar-refractivity contribution in [3.63, 3.8) is 0 Å². The van der Waals surface area contributed by atoms with Crippen molar-refractivity contribution in [2.24, 2.45) is 7.05 Å². The number of alkyl halides is 3.